The number of carbonyl (C=O) groups excluding carboxylic acids is 1. The highest BCUT2D eigenvalue weighted by Gasteiger charge is 2.39. The molecule has 1 aromatic carbocycles. The van der Waals surface area contributed by atoms with Gasteiger partial charge in [0.1, 0.15) is 0 Å². The quantitative estimate of drug-likeness (QED) is 0.471. The largest absolute Gasteiger partial charge is 0.401 e. The molecule has 6 nitrogen and oxygen atoms in total. The van der Waals surface area contributed by atoms with Crippen molar-refractivity contribution in [3.8, 4) is 0 Å². The fourth-order valence-corrected chi connectivity index (χ4v) is 5.23. The Kier molecular flexibility index (Phi) is 4.93. The van der Waals surface area contributed by atoms with Crippen LogP contribution in [0.15, 0.2) is 42.2 Å². The Hall–Kier alpha value is -2.51. The Labute approximate surface area is 157 Å². The number of amides is 1. The monoisotopic (exact) mass is 371 g/mol. The second-order valence-corrected chi connectivity index (χ2v) is 8.11. The molecule has 0 aliphatic heterocycles. The lowest BCUT2D eigenvalue weighted by Crippen LogP contribution is -2.35. The first-order valence-corrected chi connectivity index (χ1v) is 9.33. The number of thiophene rings is 1. The summed E-state index contributed by atoms with van der Waals surface area (Å²) in [7, 11) is 1.75. The first-order chi connectivity index (χ1) is 12.3. The third-order valence-electron chi connectivity index (χ3n) is 5.01. The van der Waals surface area contributed by atoms with Crippen LogP contribution in [-0.2, 0) is 18.3 Å². The first kappa shape index (κ1) is 18.3. The summed E-state index contributed by atoms with van der Waals surface area (Å²) in [6, 6.07) is 10.4. The van der Waals surface area contributed by atoms with Crippen LogP contribution in [0.3, 0.4) is 0 Å². The van der Waals surface area contributed by atoms with E-state index >= 15 is 0 Å². The average molecular weight is 372 g/mol. The van der Waals surface area contributed by atoms with Gasteiger partial charge in [0, 0.05) is 29.2 Å². The van der Waals surface area contributed by atoms with Crippen LogP contribution in [-0.4, -0.2) is 18.0 Å². The zero-order valence-corrected chi connectivity index (χ0v) is 15.7. The number of anilines is 1. The first-order valence-electron chi connectivity index (χ1n) is 8.51. The van der Waals surface area contributed by atoms with Crippen molar-refractivity contribution in [1.82, 2.24) is 5.01 Å². The number of hydrogen-bond acceptors (Lipinski definition) is 6. The molecule has 0 spiro atoms. The molecular formula is C19H25N5OS. The number of hydrogen-bond donors (Lipinski definition) is 4. The number of carbonyl (C=O) groups is 1. The third kappa shape index (κ3) is 3.40. The summed E-state index contributed by atoms with van der Waals surface area (Å²) in [5, 5.41) is 1.98. The third-order valence-corrected chi connectivity index (χ3v) is 6.08. The van der Waals surface area contributed by atoms with Gasteiger partial charge in [0.25, 0.3) is 5.91 Å². The summed E-state index contributed by atoms with van der Waals surface area (Å²) < 4.78 is 0. The Bertz CT molecular complexity index is 843. The number of nitrogens with two attached hydrogens (primary N) is 4. The Morgan fingerprint density at radius 2 is 2.00 bits per heavy atom. The molecule has 0 bridgehead atoms. The minimum absolute atomic E-state index is 0.156. The predicted octanol–water partition coefficient (Wildman–Crippen LogP) is 1.85. The fraction of sp³-hybridized carbons (Fsp3) is 0.316. The van der Waals surface area contributed by atoms with Crippen LogP contribution in [0.2, 0.25) is 0 Å². The smallest absolute Gasteiger partial charge is 0.251 e. The second kappa shape index (κ2) is 7.01. The molecule has 1 amide bonds. The minimum atomic E-state index is -0.448. The molecule has 1 heterocycles. The van der Waals surface area contributed by atoms with Gasteiger partial charge in [0.2, 0.25) is 0 Å². The van der Waals surface area contributed by atoms with E-state index in [0.717, 1.165) is 35.4 Å². The maximum Gasteiger partial charge on any atom is 0.251 e. The van der Waals surface area contributed by atoms with Crippen LogP contribution in [0.4, 0.5) is 5.00 Å². The molecule has 1 aliphatic rings. The number of fused-ring (bicyclic) bond motifs is 1. The average Bonchev–Trinajstić information content (AvgIpc) is 2.89. The van der Waals surface area contributed by atoms with Crippen molar-refractivity contribution in [2.24, 2.45) is 17.3 Å². The van der Waals surface area contributed by atoms with Gasteiger partial charge < -0.3 is 22.2 Å². The number of primary amides is 1. The van der Waals surface area contributed by atoms with Crippen LogP contribution in [0, 0.1) is 0 Å². The molecule has 0 saturated carbocycles. The summed E-state index contributed by atoms with van der Waals surface area (Å²) in [4.78, 5) is 12.9. The Balaban J connectivity index is 2.04. The lowest BCUT2D eigenvalue weighted by atomic mass is 9.66. The number of hydrazine groups is 1. The van der Waals surface area contributed by atoms with Crippen molar-refractivity contribution in [3.63, 3.8) is 0 Å². The van der Waals surface area contributed by atoms with Gasteiger partial charge >= 0.3 is 0 Å². The van der Waals surface area contributed by atoms with Crippen LogP contribution in [0.25, 0.3) is 0 Å². The molecule has 2 aromatic rings. The van der Waals surface area contributed by atoms with Gasteiger partial charge in [0.05, 0.1) is 10.6 Å². The van der Waals surface area contributed by atoms with Gasteiger partial charge in [-0.05, 0) is 36.8 Å². The van der Waals surface area contributed by atoms with Gasteiger partial charge in [-0.1, -0.05) is 30.3 Å². The standard InChI is InChI=1S/C19H25N5OS/c1-24(23)11-13(20)9-19(12-5-3-2-4-6-12)8-7-14-15(10-19)26-18(22)16(14)17(21)25/h2-6,11H,7-10,20,22-23H2,1H3,(H2,21,25)/b13-11-. The number of nitrogens with zero attached hydrogens (tertiary/aromatic N) is 1. The molecule has 1 aromatic heterocycles. The normalized spacial score (nSPS) is 19.8. The van der Waals surface area contributed by atoms with Crippen LogP contribution >= 0.6 is 11.3 Å². The van der Waals surface area contributed by atoms with Gasteiger partial charge in [0.15, 0.2) is 0 Å². The SMILES string of the molecule is CN(N)/C=C(\N)CC1(c2ccccc2)CCc2c(sc(N)c2C(N)=O)C1. The summed E-state index contributed by atoms with van der Waals surface area (Å²) in [6.07, 6.45) is 4.82. The van der Waals surface area contributed by atoms with Crippen molar-refractivity contribution in [3.05, 3.63) is 63.8 Å². The lowest BCUT2D eigenvalue weighted by molar-refractivity contribution is 0.1000. The molecule has 0 saturated heterocycles. The maximum atomic E-state index is 11.8. The van der Waals surface area contributed by atoms with E-state index in [-0.39, 0.29) is 5.41 Å². The van der Waals surface area contributed by atoms with Gasteiger partial charge in [-0.25, -0.2) is 5.84 Å². The molecule has 8 N–H and O–H groups in total. The van der Waals surface area contributed by atoms with Crippen LogP contribution in [0.1, 0.15) is 39.2 Å². The maximum absolute atomic E-state index is 11.8. The summed E-state index contributed by atoms with van der Waals surface area (Å²) >= 11 is 1.46. The number of nitrogen functional groups attached to an aromatic ring is 1. The van der Waals surface area contributed by atoms with Crippen molar-refractivity contribution in [1.29, 1.82) is 0 Å². The van der Waals surface area contributed by atoms with Crippen LogP contribution in [0.5, 0.6) is 0 Å². The zero-order valence-electron chi connectivity index (χ0n) is 14.9. The highest BCUT2D eigenvalue weighted by molar-refractivity contribution is 7.16. The molecule has 0 fully saturated rings. The molecule has 0 radical (unpaired) electrons. The van der Waals surface area contributed by atoms with E-state index in [2.05, 4.69) is 12.1 Å². The van der Waals surface area contributed by atoms with Gasteiger partial charge in [-0.3, -0.25) is 4.79 Å². The number of rotatable bonds is 5. The predicted molar refractivity (Wildman–Crippen MR) is 106 cm³/mol. The topological polar surface area (TPSA) is 124 Å². The van der Waals surface area contributed by atoms with E-state index in [1.54, 1.807) is 13.2 Å². The molecule has 1 atom stereocenters. The Morgan fingerprint density at radius 1 is 1.31 bits per heavy atom. The van der Waals surface area contributed by atoms with E-state index in [1.165, 1.54) is 21.9 Å². The van der Waals surface area contributed by atoms with Gasteiger partial charge in [-0.2, -0.15) is 0 Å². The van der Waals surface area contributed by atoms with E-state index < -0.39 is 5.91 Å². The highest BCUT2D eigenvalue weighted by atomic mass is 32.1. The molecule has 7 heteroatoms. The van der Waals surface area contributed by atoms with Crippen molar-refractivity contribution in [2.75, 3.05) is 12.8 Å². The minimum Gasteiger partial charge on any atom is -0.401 e. The molecular weight excluding hydrogens is 346 g/mol. The molecule has 26 heavy (non-hydrogen) atoms. The number of allylic oxidation sites excluding steroid dienone is 1. The van der Waals surface area contributed by atoms with E-state index in [0.29, 0.717) is 17.0 Å². The Morgan fingerprint density at radius 3 is 2.62 bits per heavy atom. The van der Waals surface area contributed by atoms with Crippen molar-refractivity contribution in [2.45, 2.75) is 31.1 Å². The zero-order chi connectivity index (χ0) is 18.9. The molecule has 1 unspecified atom stereocenters. The molecule has 3 rings (SSSR count). The number of benzene rings is 1. The summed E-state index contributed by atoms with van der Waals surface area (Å²) in [6.45, 7) is 0. The van der Waals surface area contributed by atoms with Gasteiger partial charge in [-0.15, -0.1) is 11.3 Å². The lowest BCUT2D eigenvalue weighted by Gasteiger charge is -2.38. The fourth-order valence-electron chi connectivity index (χ4n) is 3.96. The molecule has 138 valence electrons. The van der Waals surface area contributed by atoms with E-state index in [4.69, 9.17) is 23.0 Å². The second-order valence-electron chi connectivity index (χ2n) is 6.98. The summed E-state index contributed by atoms with van der Waals surface area (Å²) in [5.74, 6) is 5.28. The highest BCUT2D eigenvalue weighted by Crippen LogP contribution is 2.47. The molecule has 1 aliphatic carbocycles. The van der Waals surface area contributed by atoms with E-state index in [9.17, 15) is 4.79 Å². The van der Waals surface area contributed by atoms with Crippen molar-refractivity contribution >= 4 is 22.2 Å². The van der Waals surface area contributed by atoms with Crippen LogP contribution < -0.4 is 23.0 Å². The van der Waals surface area contributed by atoms with E-state index in [1.807, 2.05) is 18.2 Å². The summed E-state index contributed by atoms with van der Waals surface area (Å²) in [5.41, 5.74) is 21.2. The van der Waals surface area contributed by atoms with Crippen molar-refractivity contribution < 1.29 is 4.79 Å².